The molecule has 14 nitrogen and oxygen atoms in total. The lowest BCUT2D eigenvalue weighted by atomic mass is 9.88. The van der Waals surface area contributed by atoms with E-state index in [0.717, 1.165) is 33.7 Å². The van der Waals surface area contributed by atoms with Gasteiger partial charge in [-0.2, -0.15) is 16.8 Å². The summed E-state index contributed by atoms with van der Waals surface area (Å²) in [4.78, 5) is 24.7. The summed E-state index contributed by atoms with van der Waals surface area (Å²) in [5.74, 6) is -5.01. The minimum absolute atomic E-state index is 0.143. The Bertz CT molecular complexity index is 980. The third-order valence-electron chi connectivity index (χ3n) is 5.05. The summed E-state index contributed by atoms with van der Waals surface area (Å²) in [6.07, 6.45) is -4.56. The zero-order chi connectivity index (χ0) is 26.1. The first-order valence-electron chi connectivity index (χ1n) is 10.1. The second-order valence-corrected chi connectivity index (χ2v) is 11.6. The maximum Gasteiger partial charge on any atom is 0.366 e. The normalized spacial score (nSPS) is 32.7. The Morgan fingerprint density at radius 1 is 1.06 bits per heavy atom. The van der Waals surface area contributed by atoms with E-state index in [1.807, 2.05) is 0 Å². The minimum Gasteiger partial charge on any atom is -0.465 e. The maximum absolute atomic E-state index is 12.7. The van der Waals surface area contributed by atoms with Crippen molar-refractivity contribution < 1.29 is 58.5 Å². The van der Waals surface area contributed by atoms with Crippen molar-refractivity contribution in [1.82, 2.24) is 5.32 Å². The van der Waals surface area contributed by atoms with Gasteiger partial charge in [-0.25, -0.2) is 4.79 Å². The van der Waals surface area contributed by atoms with Crippen molar-refractivity contribution in [3.8, 4) is 0 Å². The van der Waals surface area contributed by atoms with Crippen molar-refractivity contribution in [2.75, 3.05) is 33.3 Å². The highest BCUT2D eigenvalue weighted by Crippen LogP contribution is 2.38. The molecule has 0 aromatic carbocycles. The van der Waals surface area contributed by atoms with Crippen molar-refractivity contribution in [3.05, 3.63) is 0 Å². The molecule has 6 atom stereocenters. The topological polar surface area (TPSA) is 179 Å². The molecule has 0 spiro atoms. The van der Waals surface area contributed by atoms with Gasteiger partial charge in [0, 0.05) is 20.5 Å². The summed E-state index contributed by atoms with van der Waals surface area (Å²) in [5, 5.41) is 2.50. The van der Waals surface area contributed by atoms with E-state index in [4.69, 9.17) is 32.1 Å². The molecule has 2 saturated heterocycles. The Morgan fingerprint density at radius 3 is 2.09 bits per heavy atom. The van der Waals surface area contributed by atoms with Gasteiger partial charge in [0.05, 0.1) is 32.3 Å². The van der Waals surface area contributed by atoms with Crippen LogP contribution in [0.3, 0.4) is 0 Å². The zero-order valence-electron chi connectivity index (χ0n) is 19.9. The number of carbonyl (C=O) groups excluding carboxylic acids is 2. The molecule has 34 heavy (non-hydrogen) atoms. The summed E-state index contributed by atoms with van der Waals surface area (Å²) in [6, 6.07) is -1.32. The average molecular weight is 534 g/mol. The fourth-order valence-corrected chi connectivity index (χ4v) is 5.13. The van der Waals surface area contributed by atoms with Crippen molar-refractivity contribution in [2.24, 2.45) is 0 Å². The van der Waals surface area contributed by atoms with Crippen molar-refractivity contribution in [2.45, 2.75) is 69.2 Å². The van der Waals surface area contributed by atoms with Crippen LogP contribution >= 0.6 is 0 Å². The van der Waals surface area contributed by atoms with E-state index >= 15 is 0 Å². The van der Waals surface area contributed by atoms with Gasteiger partial charge >= 0.3 is 5.97 Å². The van der Waals surface area contributed by atoms with Crippen LogP contribution in [0.5, 0.6) is 0 Å². The standard InChI is InChI=1S/C18H31NO13S2/c1-10(20)19-13-11(31-33(6,22)23)8-18(27-5,16(21)26-4)30-15(13)14(32-34(7,24)25)12-9-28-17(2,3)29-12/h11-15H,8-9H2,1-7H3,(H,19,20)/t11-,12+,13+,14+,15+,18+/m0/s1. The van der Waals surface area contributed by atoms with E-state index in [1.54, 1.807) is 13.8 Å². The number of rotatable bonds is 9. The van der Waals surface area contributed by atoms with Gasteiger partial charge in [0.25, 0.3) is 26.0 Å². The lowest BCUT2D eigenvalue weighted by Gasteiger charge is -2.47. The third-order valence-corrected chi connectivity index (χ3v) is 6.22. The highest BCUT2D eigenvalue weighted by Gasteiger charge is 2.59. The van der Waals surface area contributed by atoms with E-state index < -0.39 is 80.6 Å². The predicted octanol–water partition coefficient (Wildman–Crippen LogP) is -1.36. The summed E-state index contributed by atoms with van der Waals surface area (Å²) in [6.45, 7) is 4.18. The van der Waals surface area contributed by atoms with Gasteiger partial charge < -0.3 is 29.0 Å². The summed E-state index contributed by atoms with van der Waals surface area (Å²) >= 11 is 0. The first-order chi connectivity index (χ1) is 15.4. The molecule has 2 rings (SSSR count). The number of hydrogen-bond donors (Lipinski definition) is 1. The monoisotopic (exact) mass is 533 g/mol. The van der Waals surface area contributed by atoms with Gasteiger partial charge in [-0.3, -0.25) is 13.2 Å². The molecule has 0 saturated carbocycles. The molecular formula is C18H31NO13S2. The fourth-order valence-electron chi connectivity index (χ4n) is 3.85. The third kappa shape index (κ3) is 7.30. The first-order valence-corrected chi connectivity index (χ1v) is 13.7. The van der Waals surface area contributed by atoms with Crippen LogP contribution in [0.1, 0.15) is 27.2 Å². The van der Waals surface area contributed by atoms with Gasteiger partial charge in [0.1, 0.15) is 24.4 Å². The molecule has 0 aliphatic carbocycles. The molecular weight excluding hydrogens is 502 g/mol. The van der Waals surface area contributed by atoms with Crippen LogP contribution < -0.4 is 5.32 Å². The second kappa shape index (κ2) is 10.3. The molecule has 2 fully saturated rings. The quantitative estimate of drug-likeness (QED) is 0.271. The minimum atomic E-state index is -4.17. The number of methoxy groups -OCH3 is 2. The number of nitrogens with one attached hydrogen (secondary N) is 1. The molecule has 2 heterocycles. The van der Waals surface area contributed by atoms with Crippen LogP contribution in [0.2, 0.25) is 0 Å². The number of amides is 1. The van der Waals surface area contributed by atoms with E-state index in [1.165, 1.54) is 0 Å². The lowest BCUT2D eigenvalue weighted by Crippen LogP contribution is -2.68. The summed E-state index contributed by atoms with van der Waals surface area (Å²) in [7, 11) is -6.14. The summed E-state index contributed by atoms with van der Waals surface area (Å²) in [5.41, 5.74) is 0. The summed E-state index contributed by atoms with van der Waals surface area (Å²) < 4.78 is 86.0. The fraction of sp³-hybridized carbons (Fsp3) is 0.889. The second-order valence-electron chi connectivity index (χ2n) is 8.43. The SMILES string of the molecule is COC(=O)[C@@]1(OC)C[C@H](OS(C)(=O)=O)[C@@H](NC(C)=O)[C@H]([C@H](OS(C)(=O)=O)[C@H]2COC(C)(C)O2)O1. The Balaban J connectivity index is 2.67. The van der Waals surface area contributed by atoms with Gasteiger partial charge in [-0.1, -0.05) is 0 Å². The smallest absolute Gasteiger partial charge is 0.366 e. The van der Waals surface area contributed by atoms with Crippen molar-refractivity contribution >= 4 is 32.1 Å². The number of hydrogen-bond acceptors (Lipinski definition) is 13. The van der Waals surface area contributed by atoms with Crippen LogP contribution in [0, 0.1) is 0 Å². The largest absolute Gasteiger partial charge is 0.465 e. The maximum atomic E-state index is 12.7. The highest BCUT2D eigenvalue weighted by atomic mass is 32.2. The van der Waals surface area contributed by atoms with Crippen molar-refractivity contribution in [3.63, 3.8) is 0 Å². The van der Waals surface area contributed by atoms with Gasteiger partial charge in [0.2, 0.25) is 5.91 Å². The van der Waals surface area contributed by atoms with Crippen molar-refractivity contribution in [1.29, 1.82) is 0 Å². The predicted molar refractivity (Wildman–Crippen MR) is 113 cm³/mol. The molecule has 16 heteroatoms. The molecule has 198 valence electrons. The molecule has 0 radical (unpaired) electrons. The van der Waals surface area contributed by atoms with Crippen LogP contribution in [0.15, 0.2) is 0 Å². The van der Waals surface area contributed by atoms with E-state index in [-0.39, 0.29) is 6.61 Å². The van der Waals surface area contributed by atoms with Crippen LogP contribution in [0.25, 0.3) is 0 Å². The first kappa shape index (κ1) is 28.8. The Labute approximate surface area is 198 Å². The van der Waals surface area contributed by atoms with E-state index in [2.05, 4.69) is 5.32 Å². The Hall–Kier alpha value is -1.40. The molecule has 2 aliphatic heterocycles. The number of ether oxygens (including phenoxy) is 5. The molecule has 1 amide bonds. The van der Waals surface area contributed by atoms with E-state index in [9.17, 15) is 26.4 Å². The van der Waals surface area contributed by atoms with Gasteiger partial charge in [-0.05, 0) is 13.8 Å². The highest BCUT2D eigenvalue weighted by molar-refractivity contribution is 7.86. The number of carbonyl (C=O) groups is 2. The zero-order valence-corrected chi connectivity index (χ0v) is 21.6. The molecule has 0 unspecified atom stereocenters. The van der Waals surface area contributed by atoms with Crippen LogP contribution in [-0.4, -0.2) is 104 Å². The molecule has 1 N–H and O–H groups in total. The van der Waals surface area contributed by atoms with E-state index in [0.29, 0.717) is 0 Å². The van der Waals surface area contributed by atoms with Crippen LogP contribution in [-0.2, 0) is 61.9 Å². The van der Waals surface area contributed by atoms with Gasteiger partial charge in [-0.15, -0.1) is 0 Å². The van der Waals surface area contributed by atoms with Gasteiger partial charge in [0.15, 0.2) is 5.79 Å². The van der Waals surface area contributed by atoms with Crippen LogP contribution in [0.4, 0.5) is 0 Å². The number of esters is 1. The molecule has 0 bridgehead atoms. The lowest BCUT2D eigenvalue weighted by molar-refractivity contribution is -0.301. The molecule has 0 aromatic rings. The molecule has 0 aromatic heterocycles. The Morgan fingerprint density at radius 2 is 1.68 bits per heavy atom. The Kier molecular flexibility index (Phi) is 8.73. The molecule has 2 aliphatic rings. The average Bonchev–Trinajstić information content (AvgIpc) is 3.04.